The molecule has 0 saturated carbocycles. The summed E-state index contributed by atoms with van der Waals surface area (Å²) in [6.07, 6.45) is 0. The Bertz CT molecular complexity index is 802. The molecule has 0 fully saturated rings. The quantitative estimate of drug-likeness (QED) is 0.712. The predicted molar refractivity (Wildman–Crippen MR) is 101 cm³/mol. The summed E-state index contributed by atoms with van der Waals surface area (Å²) in [7, 11) is 1.47. The lowest BCUT2D eigenvalue weighted by Gasteiger charge is -2.23. The highest BCUT2D eigenvalue weighted by Gasteiger charge is 2.19. The first-order chi connectivity index (χ1) is 12.8. The molecule has 0 radical (unpaired) electrons. The van der Waals surface area contributed by atoms with Crippen molar-refractivity contribution in [1.82, 2.24) is 5.32 Å². The molecule has 0 heterocycles. The van der Waals surface area contributed by atoms with E-state index in [1.54, 1.807) is 30.3 Å². The number of methoxy groups -OCH3 is 1. The smallest absolute Gasteiger partial charge is 0.258 e. The maximum absolute atomic E-state index is 13.1. The zero-order chi connectivity index (χ0) is 20.0. The number of Topliss-reactive ketones (excluding diaryl/α,β-unsaturated/α-hetero) is 1. The Morgan fingerprint density at radius 2 is 1.74 bits per heavy atom. The van der Waals surface area contributed by atoms with E-state index in [4.69, 9.17) is 9.47 Å². The number of carbonyl (C=O) groups is 2. The lowest BCUT2D eigenvalue weighted by Crippen LogP contribution is -2.35. The minimum atomic E-state index is -0.322. The third-order valence-electron chi connectivity index (χ3n) is 4.14. The van der Waals surface area contributed by atoms with Gasteiger partial charge in [-0.05, 0) is 48.7 Å². The van der Waals surface area contributed by atoms with Crippen LogP contribution in [0.2, 0.25) is 0 Å². The van der Waals surface area contributed by atoms with E-state index >= 15 is 0 Å². The average molecular weight is 373 g/mol. The average Bonchev–Trinajstić information content (AvgIpc) is 2.64. The number of hydrogen-bond donors (Lipinski definition) is 1. The molecule has 1 atom stereocenters. The predicted octanol–water partition coefficient (Wildman–Crippen LogP) is 3.93. The van der Waals surface area contributed by atoms with Crippen molar-refractivity contribution < 1.29 is 23.5 Å². The van der Waals surface area contributed by atoms with Gasteiger partial charge in [0.2, 0.25) is 0 Å². The second kappa shape index (κ2) is 9.16. The number of amides is 1. The zero-order valence-corrected chi connectivity index (χ0v) is 15.9. The molecule has 2 rings (SSSR count). The van der Waals surface area contributed by atoms with Crippen LogP contribution in [0.4, 0.5) is 4.39 Å². The molecule has 0 aliphatic carbocycles. The number of hydrogen-bond acceptors (Lipinski definition) is 4. The maximum atomic E-state index is 13.1. The van der Waals surface area contributed by atoms with Crippen LogP contribution in [0.25, 0.3) is 0 Å². The first kappa shape index (κ1) is 20.4. The highest BCUT2D eigenvalue weighted by atomic mass is 19.1. The number of halogens is 1. The first-order valence-electron chi connectivity index (χ1n) is 8.68. The minimum Gasteiger partial charge on any atom is -0.493 e. The molecule has 6 heteroatoms. The molecule has 144 valence electrons. The fraction of sp³-hybridized carbons (Fsp3) is 0.333. The van der Waals surface area contributed by atoms with Gasteiger partial charge in [0.05, 0.1) is 13.2 Å². The summed E-state index contributed by atoms with van der Waals surface area (Å²) in [6, 6.07) is 10.6. The Balaban J connectivity index is 2.04. The summed E-state index contributed by atoms with van der Waals surface area (Å²) in [6.45, 7) is 5.20. The fourth-order valence-corrected chi connectivity index (χ4v) is 2.67. The largest absolute Gasteiger partial charge is 0.493 e. The van der Waals surface area contributed by atoms with Gasteiger partial charge in [-0.15, -0.1) is 0 Å². The zero-order valence-electron chi connectivity index (χ0n) is 15.9. The molecule has 2 aromatic carbocycles. The van der Waals surface area contributed by atoms with Crippen LogP contribution in [-0.2, 0) is 4.79 Å². The van der Waals surface area contributed by atoms with Crippen molar-refractivity contribution >= 4 is 11.7 Å². The van der Waals surface area contributed by atoms with Crippen LogP contribution in [-0.4, -0.2) is 25.4 Å². The van der Waals surface area contributed by atoms with Crippen LogP contribution >= 0.6 is 0 Å². The van der Waals surface area contributed by atoms with E-state index in [9.17, 15) is 14.0 Å². The van der Waals surface area contributed by atoms with Gasteiger partial charge in [-0.25, -0.2) is 4.39 Å². The van der Waals surface area contributed by atoms with E-state index in [-0.39, 0.29) is 36.1 Å². The third kappa shape index (κ3) is 5.54. The van der Waals surface area contributed by atoms with Crippen LogP contribution in [0, 0.1) is 11.7 Å². The monoisotopic (exact) mass is 373 g/mol. The SMILES string of the molecule is COc1cc(C(C)=O)ccc1OCC(=O)N[C@H](c1ccc(F)cc1)C(C)C. The van der Waals surface area contributed by atoms with Gasteiger partial charge in [0.1, 0.15) is 5.82 Å². The molecule has 27 heavy (non-hydrogen) atoms. The second-order valence-corrected chi connectivity index (χ2v) is 6.55. The van der Waals surface area contributed by atoms with Crippen molar-refractivity contribution in [2.24, 2.45) is 5.92 Å². The van der Waals surface area contributed by atoms with Crippen molar-refractivity contribution in [3.8, 4) is 11.5 Å². The molecule has 5 nitrogen and oxygen atoms in total. The summed E-state index contributed by atoms with van der Waals surface area (Å²) in [5.41, 5.74) is 1.32. The standard InChI is InChI=1S/C21H24FNO4/c1-13(2)21(15-5-8-17(22)9-6-15)23-20(25)12-27-18-10-7-16(14(3)24)11-19(18)26-4/h5-11,13,21H,12H2,1-4H3,(H,23,25)/t21-/m0/s1. The summed E-state index contributed by atoms with van der Waals surface area (Å²) < 4.78 is 23.9. The minimum absolute atomic E-state index is 0.0864. The Hall–Kier alpha value is -2.89. The van der Waals surface area contributed by atoms with E-state index in [1.165, 1.54) is 26.2 Å². The van der Waals surface area contributed by atoms with E-state index in [0.717, 1.165) is 5.56 Å². The van der Waals surface area contributed by atoms with Gasteiger partial charge in [-0.1, -0.05) is 26.0 Å². The number of rotatable bonds is 8. The highest BCUT2D eigenvalue weighted by Crippen LogP contribution is 2.28. The fourth-order valence-electron chi connectivity index (χ4n) is 2.67. The maximum Gasteiger partial charge on any atom is 0.258 e. The van der Waals surface area contributed by atoms with E-state index in [1.807, 2.05) is 13.8 Å². The van der Waals surface area contributed by atoms with E-state index < -0.39 is 0 Å². The van der Waals surface area contributed by atoms with Crippen LogP contribution in [0.3, 0.4) is 0 Å². The van der Waals surface area contributed by atoms with Gasteiger partial charge >= 0.3 is 0 Å². The van der Waals surface area contributed by atoms with E-state index in [0.29, 0.717) is 17.1 Å². The van der Waals surface area contributed by atoms with Gasteiger partial charge in [0.25, 0.3) is 5.91 Å². The molecule has 1 amide bonds. The molecule has 0 aromatic heterocycles. The van der Waals surface area contributed by atoms with Crippen LogP contribution in [0.5, 0.6) is 11.5 Å². The van der Waals surface area contributed by atoms with Crippen molar-refractivity contribution in [2.45, 2.75) is 26.8 Å². The third-order valence-corrected chi connectivity index (χ3v) is 4.14. The second-order valence-electron chi connectivity index (χ2n) is 6.55. The summed E-state index contributed by atoms with van der Waals surface area (Å²) in [5.74, 6) is 0.156. The van der Waals surface area contributed by atoms with Crippen LogP contribution < -0.4 is 14.8 Å². The number of ether oxygens (including phenoxy) is 2. The van der Waals surface area contributed by atoms with Crippen LogP contribution in [0.15, 0.2) is 42.5 Å². The first-order valence-corrected chi connectivity index (χ1v) is 8.68. The van der Waals surface area contributed by atoms with Gasteiger partial charge in [-0.2, -0.15) is 0 Å². The Kier molecular flexibility index (Phi) is 6.93. The van der Waals surface area contributed by atoms with Crippen molar-refractivity contribution in [2.75, 3.05) is 13.7 Å². The van der Waals surface area contributed by atoms with Gasteiger partial charge < -0.3 is 14.8 Å². The number of benzene rings is 2. The molecule has 0 bridgehead atoms. The lowest BCUT2D eigenvalue weighted by atomic mass is 9.96. The Labute approximate surface area is 158 Å². The molecule has 0 saturated heterocycles. The molecular weight excluding hydrogens is 349 g/mol. The molecular formula is C21H24FNO4. The van der Waals surface area contributed by atoms with E-state index in [2.05, 4.69) is 5.32 Å². The van der Waals surface area contributed by atoms with Crippen molar-refractivity contribution in [3.63, 3.8) is 0 Å². The van der Waals surface area contributed by atoms with Gasteiger partial charge in [-0.3, -0.25) is 9.59 Å². The highest BCUT2D eigenvalue weighted by molar-refractivity contribution is 5.94. The molecule has 1 N–H and O–H groups in total. The molecule has 0 spiro atoms. The summed E-state index contributed by atoms with van der Waals surface area (Å²) in [4.78, 5) is 23.8. The number of nitrogens with one attached hydrogen (secondary N) is 1. The molecule has 0 unspecified atom stereocenters. The van der Waals surface area contributed by atoms with Gasteiger partial charge in [0.15, 0.2) is 23.9 Å². The number of ketones is 1. The molecule has 2 aromatic rings. The Morgan fingerprint density at radius 1 is 1.07 bits per heavy atom. The number of carbonyl (C=O) groups excluding carboxylic acids is 2. The van der Waals surface area contributed by atoms with Crippen molar-refractivity contribution in [3.05, 3.63) is 59.4 Å². The van der Waals surface area contributed by atoms with Crippen molar-refractivity contribution in [1.29, 1.82) is 0 Å². The van der Waals surface area contributed by atoms with Crippen LogP contribution in [0.1, 0.15) is 42.7 Å². The molecule has 0 aliphatic rings. The summed E-state index contributed by atoms with van der Waals surface area (Å²) in [5, 5.41) is 2.91. The van der Waals surface area contributed by atoms with Gasteiger partial charge in [0, 0.05) is 5.56 Å². The molecule has 0 aliphatic heterocycles. The summed E-state index contributed by atoms with van der Waals surface area (Å²) >= 11 is 0. The Morgan fingerprint density at radius 3 is 2.30 bits per heavy atom. The topological polar surface area (TPSA) is 64.6 Å². The lowest BCUT2D eigenvalue weighted by molar-refractivity contribution is -0.124. The normalized spacial score (nSPS) is 11.8.